The molecule has 3 rings (SSSR count). The number of anilines is 1. The number of hydrogen-bond donors (Lipinski definition) is 3. The average Bonchev–Trinajstić information content (AvgIpc) is 2.97. The van der Waals surface area contributed by atoms with Gasteiger partial charge in [-0.3, -0.25) is 10.00 Å². The summed E-state index contributed by atoms with van der Waals surface area (Å²) in [6.45, 7) is 7.46. The van der Waals surface area contributed by atoms with Crippen LogP contribution in [0.25, 0.3) is 10.9 Å². The summed E-state index contributed by atoms with van der Waals surface area (Å²) in [4.78, 5) is 4.82. The van der Waals surface area contributed by atoms with Crippen molar-refractivity contribution in [3.8, 4) is 0 Å². The van der Waals surface area contributed by atoms with Crippen LogP contribution in [0.3, 0.4) is 0 Å². The molecule has 0 unspecified atom stereocenters. The Bertz CT molecular complexity index is 577. The average molecular weight is 303 g/mol. The van der Waals surface area contributed by atoms with Crippen molar-refractivity contribution < 1.29 is 5.11 Å². The molecule has 22 heavy (non-hydrogen) atoms. The molecular formula is C16H25N5O. The second-order valence-electron chi connectivity index (χ2n) is 5.81. The molecule has 1 aliphatic rings. The van der Waals surface area contributed by atoms with Gasteiger partial charge in [-0.05, 0) is 25.1 Å². The number of piperazine rings is 1. The van der Waals surface area contributed by atoms with Crippen molar-refractivity contribution in [2.45, 2.75) is 6.42 Å². The van der Waals surface area contributed by atoms with E-state index in [1.54, 1.807) is 0 Å². The highest BCUT2D eigenvalue weighted by molar-refractivity contribution is 5.89. The van der Waals surface area contributed by atoms with E-state index in [1.165, 1.54) is 0 Å². The Labute approximate surface area is 131 Å². The van der Waals surface area contributed by atoms with Gasteiger partial charge in [0.15, 0.2) is 5.82 Å². The number of β-amino-alcohol motifs (C(OH)–C–C–N with tert-alkyl or cyclic N) is 1. The van der Waals surface area contributed by atoms with Gasteiger partial charge in [-0.1, -0.05) is 12.1 Å². The van der Waals surface area contributed by atoms with Gasteiger partial charge in [-0.15, -0.1) is 0 Å². The van der Waals surface area contributed by atoms with Gasteiger partial charge in [0, 0.05) is 44.7 Å². The number of rotatable bonds is 7. The summed E-state index contributed by atoms with van der Waals surface area (Å²) in [5.41, 5.74) is 1.07. The van der Waals surface area contributed by atoms with Crippen molar-refractivity contribution in [2.24, 2.45) is 0 Å². The van der Waals surface area contributed by atoms with E-state index in [9.17, 15) is 0 Å². The number of hydrogen-bond acceptors (Lipinski definition) is 5. The molecule has 0 spiro atoms. The number of fused-ring (bicyclic) bond motifs is 1. The zero-order valence-corrected chi connectivity index (χ0v) is 13.0. The lowest BCUT2D eigenvalue weighted by Gasteiger charge is -2.34. The van der Waals surface area contributed by atoms with Crippen LogP contribution in [-0.4, -0.2) is 77.5 Å². The quantitative estimate of drug-likeness (QED) is 0.665. The second-order valence-corrected chi connectivity index (χ2v) is 5.81. The van der Waals surface area contributed by atoms with Crippen LogP contribution in [0.1, 0.15) is 6.42 Å². The Hall–Kier alpha value is -1.63. The van der Waals surface area contributed by atoms with Crippen molar-refractivity contribution in [1.82, 2.24) is 20.0 Å². The first-order valence-corrected chi connectivity index (χ1v) is 8.09. The Morgan fingerprint density at radius 3 is 2.59 bits per heavy atom. The molecule has 1 saturated heterocycles. The molecule has 1 aliphatic heterocycles. The van der Waals surface area contributed by atoms with Crippen molar-refractivity contribution in [1.29, 1.82) is 0 Å². The standard InChI is InChI=1S/C16H25N5O/c22-13-12-21-10-8-20(9-11-21)7-3-6-17-16-14-4-1-2-5-15(14)18-19-16/h1-2,4-5,22H,3,6-13H2,(H2,17,18,19). The van der Waals surface area contributed by atoms with E-state index in [2.05, 4.69) is 31.4 Å². The zero-order chi connectivity index (χ0) is 15.2. The van der Waals surface area contributed by atoms with Gasteiger partial charge >= 0.3 is 0 Å². The highest BCUT2D eigenvalue weighted by Crippen LogP contribution is 2.19. The number of para-hydroxylation sites is 1. The Balaban J connectivity index is 1.37. The number of H-pyrrole nitrogens is 1. The molecular weight excluding hydrogens is 278 g/mol. The summed E-state index contributed by atoms with van der Waals surface area (Å²) in [6.07, 6.45) is 1.11. The third kappa shape index (κ3) is 3.76. The SMILES string of the molecule is OCCN1CCN(CCCNc2n[nH]c3ccccc23)CC1. The van der Waals surface area contributed by atoms with E-state index in [-0.39, 0.29) is 6.61 Å². The monoisotopic (exact) mass is 303 g/mol. The maximum absolute atomic E-state index is 8.95. The minimum absolute atomic E-state index is 0.265. The van der Waals surface area contributed by atoms with E-state index in [4.69, 9.17) is 5.11 Å². The molecule has 1 aromatic carbocycles. The van der Waals surface area contributed by atoms with Gasteiger partial charge in [-0.2, -0.15) is 5.10 Å². The van der Waals surface area contributed by atoms with Crippen LogP contribution in [0.5, 0.6) is 0 Å². The predicted molar refractivity (Wildman–Crippen MR) is 89.2 cm³/mol. The molecule has 0 saturated carbocycles. The molecule has 0 radical (unpaired) electrons. The molecule has 0 amide bonds. The van der Waals surface area contributed by atoms with Crippen LogP contribution in [0, 0.1) is 0 Å². The minimum Gasteiger partial charge on any atom is -0.395 e. The van der Waals surface area contributed by atoms with E-state index >= 15 is 0 Å². The maximum Gasteiger partial charge on any atom is 0.155 e. The van der Waals surface area contributed by atoms with Crippen molar-refractivity contribution in [3.05, 3.63) is 24.3 Å². The van der Waals surface area contributed by atoms with Gasteiger partial charge in [0.25, 0.3) is 0 Å². The molecule has 1 fully saturated rings. The Morgan fingerprint density at radius 1 is 1.09 bits per heavy atom. The van der Waals surface area contributed by atoms with E-state index in [0.29, 0.717) is 0 Å². The van der Waals surface area contributed by atoms with Gasteiger partial charge in [-0.25, -0.2) is 0 Å². The van der Waals surface area contributed by atoms with Crippen LogP contribution in [0.15, 0.2) is 24.3 Å². The summed E-state index contributed by atoms with van der Waals surface area (Å²) in [5.74, 6) is 0.948. The largest absolute Gasteiger partial charge is 0.395 e. The second kappa shape index (κ2) is 7.58. The van der Waals surface area contributed by atoms with E-state index in [1.807, 2.05) is 18.2 Å². The van der Waals surface area contributed by atoms with E-state index < -0.39 is 0 Å². The molecule has 6 nitrogen and oxygen atoms in total. The maximum atomic E-state index is 8.95. The molecule has 6 heteroatoms. The number of aliphatic hydroxyl groups is 1. The number of aromatic nitrogens is 2. The first-order valence-electron chi connectivity index (χ1n) is 8.09. The fraction of sp³-hybridized carbons (Fsp3) is 0.562. The van der Waals surface area contributed by atoms with Crippen molar-refractivity contribution in [3.63, 3.8) is 0 Å². The minimum atomic E-state index is 0.265. The number of nitrogens with one attached hydrogen (secondary N) is 2. The molecule has 120 valence electrons. The zero-order valence-electron chi connectivity index (χ0n) is 13.0. The summed E-state index contributed by atoms with van der Waals surface area (Å²) in [7, 11) is 0. The first kappa shape index (κ1) is 15.3. The third-order valence-corrected chi connectivity index (χ3v) is 4.30. The third-order valence-electron chi connectivity index (χ3n) is 4.30. The van der Waals surface area contributed by atoms with Crippen LogP contribution in [0.2, 0.25) is 0 Å². The Morgan fingerprint density at radius 2 is 1.82 bits per heavy atom. The lowest BCUT2D eigenvalue weighted by Crippen LogP contribution is -2.47. The molecule has 2 heterocycles. The summed E-state index contributed by atoms with van der Waals surface area (Å²) in [6, 6.07) is 8.18. The summed E-state index contributed by atoms with van der Waals surface area (Å²) in [5, 5.41) is 20.9. The van der Waals surface area contributed by atoms with Crippen LogP contribution >= 0.6 is 0 Å². The predicted octanol–water partition coefficient (Wildman–Crippen LogP) is 0.975. The molecule has 0 aliphatic carbocycles. The molecule has 0 atom stereocenters. The fourth-order valence-corrected chi connectivity index (χ4v) is 2.99. The van der Waals surface area contributed by atoms with Crippen molar-refractivity contribution >= 4 is 16.7 Å². The topological polar surface area (TPSA) is 67.4 Å². The highest BCUT2D eigenvalue weighted by Gasteiger charge is 2.15. The van der Waals surface area contributed by atoms with Gasteiger partial charge in [0.05, 0.1) is 12.1 Å². The van der Waals surface area contributed by atoms with Crippen LogP contribution in [-0.2, 0) is 0 Å². The lowest BCUT2D eigenvalue weighted by atomic mass is 10.2. The van der Waals surface area contributed by atoms with Gasteiger partial charge < -0.3 is 15.3 Å². The first-order chi connectivity index (χ1) is 10.9. The number of nitrogens with zero attached hydrogens (tertiary/aromatic N) is 3. The van der Waals surface area contributed by atoms with Gasteiger partial charge in [0.1, 0.15) is 0 Å². The normalized spacial score (nSPS) is 17.1. The molecule has 2 aromatic rings. The molecule has 3 N–H and O–H groups in total. The van der Waals surface area contributed by atoms with E-state index in [0.717, 1.165) is 69.0 Å². The van der Waals surface area contributed by atoms with Crippen LogP contribution in [0.4, 0.5) is 5.82 Å². The number of aliphatic hydroxyl groups excluding tert-OH is 1. The number of benzene rings is 1. The smallest absolute Gasteiger partial charge is 0.155 e. The molecule has 1 aromatic heterocycles. The Kier molecular flexibility index (Phi) is 5.26. The summed E-state index contributed by atoms with van der Waals surface area (Å²) >= 11 is 0. The number of aromatic amines is 1. The summed E-state index contributed by atoms with van der Waals surface area (Å²) < 4.78 is 0. The fourth-order valence-electron chi connectivity index (χ4n) is 2.99. The lowest BCUT2D eigenvalue weighted by molar-refractivity contribution is 0.112. The highest BCUT2D eigenvalue weighted by atomic mass is 16.3. The van der Waals surface area contributed by atoms with Crippen LogP contribution < -0.4 is 5.32 Å². The molecule has 0 bridgehead atoms. The van der Waals surface area contributed by atoms with Crippen molar-refractivity contribution in [2.75, 3.05) is 57.7 Å². The van der Waals surface area contributed by atoms with Gasteiger partial charge in [0.2, 0.25) is 0 Å².